The Labute approximate surface area is 192 Å². The van der Waals surface area contributed by atoms with Crippen LogP contribution in [-0.2, 0) is 0 Å². The molecule has 0 N–H and O–H groups in total. The number of fused-ring (bicyclic) bond motifs is 2. The minimum absolute atomic E-state index is 0.0918. The van der Waals surface area contributed by atoms with E-state index in [1.54, 1.807) is 12.2 Å². The first-order valence-electron chi connectivity index (χ1n) is 11.6. The number of halogens is 1. The summed E-state index contributed by atoms with van der Waals surface area (Å²) in [4.78, 5) is 3.78. The zero-order valence-electron chi connectivity index (χ0n) is 19.5. The molecule has 1 aromatic carbocycles. The minimum Gasteiger partial charge on any atom is -0.371 e. The molecule has 2 fully saturated rings. The fourth-order valence-corrected chi connectivity index (χ4v) is 6.26. The molecule has 1 spiro atoms. The summed E-state index contributed by atoms with van der Waals surface area (Å²) in [7, 11) is 0. The van der Waals surface area contributed by atoms with Crippen molar-refractivity contribution in [1.29, 1.82) is 0 Å². The van der Waals surface area contributed by atoms with E-state index in [2.05, 4.69) is 69.5 Å². The van der Waals surface area contributed by atoms with Crippen LogP contribution in [0.2, 0.25) is 0 Å². The summed E-state index contributed by atoms with van der Waals surface area (Å²) in [6, 6.07) is 8.90. The normalized spacial score (nSPS) is 23.5. The third-order valence-corrected chi connectivity index (χ3v) is 8.35. The predicted molar refractivity (Wildman–Crippen MR) is 133 cm³/mol. The van der Waals surface area contributed by atoms with Crippen LogP contribution >= 0.6 is 11.8 Å². The zero-order valence-corrected chi connectivity index (χ0v) is 20.3. The lowest BCUT2D eigenvalue weighted by Crippen LogP contribution is -2.39. The van der Waals surface area contributed by atoms with Gasteiger partial charge in [0.1, 0.15) is 5.83 Å². The highest BCUT2D eigenvalue weighted by molar-refractivity contribution is 8.00. The van der Waals surface area contributed by atoms with Crippen molar-refractivity contribution in [3.8, 4) is 0 Å². The number of hydrogen-bond donors (Lipinski definition) is 0. The Morgan fingerprint density at radius 3 is 2.39 bits per heavy atom. The zero-order chi connectivity index (χ0) is 22.2. The first-order valence-corrected chi connectivity index (χ1v) is 12.5. The van der Waals surface area contributed by atoms with Crippen molar-refractivity contribution in [2.75, 3.05) is 13.1 Å². The number of piperidine rings is 1. The number of hydrogen-bond acceptors (Lipinski definition) is 2. The van der Waals surface area contributed by atoms with Crippen molar-refractivity contribution >= 4 is 17.5 Å². The van der Waals surface area contributed by atoms with E-state index in [1.807, 2.05) is 11.8 Å². The second kappa shape index (κ2) is 8.65. The SMILES string of the molecule is C=C(c1ccc(SC(C)(C)C)cc1)N1CCC2(CCC3=CC(F)=CC=C(C2)C3C)CC1. The Balaban J connectivity index is 1.42. The van der Waals surface area contributed by atoms with E-state index in [9.17, 15) is 4.39 Å². The highest BCUT2D eigenvalue weighted by Crippen LogP contribution is 2.49. The van der Waals surface area contributed by atoms with Gasteiger partial charge in [-0.05, 0) is 73.3 Å². The van der Waals surface area contributed by atoms with Crippen molar-refractivity contribution < 1.29 is 4.39 Å². The molecule has 1 nitrogen and oxygen atoms in total. The lowest BCUT2D eigenvalue weighted by Gasteiger charge is -2.43. The molecular formula is C28H36FNS. The van der Waals surface area contributed by atoms with Crippen molar-refractivity contribution in [1.82, 2.24) is 4.90 Å². The van der Waals surface area contributed by atoms with Crippen LogP contribution in [0.4, 0.5) is 4.39 Å². The van der Waals surface area contributed by atoms with E-state index in [0.29, 0.717) is 11.3 Å². The summed E-state index contributed by atoms with van der Waals surface area (Å²) in [5.74, 6) is 0.284. The molecule has 1 saturated heterocycles. The quantitative estimate of drug-likeness (QED) is 0.439. The van der Waals surface area contributed by atoms with Gasteiger partial charge in [-0.2, -0.15) is 0 Å². The molecular weight excluding hydrogens is 401 g/mol. The van der Waals surface area contributed by atoms with E-state index in [0.717, 1.165) is 31.6 Å². The van der Waals surface area contributed by atoms with Gasteiger partial charge < -0.3 is 4.90 Å². The molecule has 1 aliphatic heterocycles. The minimum atomic E-state index is -0.0918. The van der Waals surface area contributed by atoms with Crippen LogP contribution in [0.25, 0.3) is 5.70 Å². The molecule has 1 heterocycles. The molecule has 0 aromatic heterocycles. The van der Waals surface area contributed by atoms with Crippen LogP contribution in [0.5, 0.6) is 0 Å². The maximum absolute atomic E-state index is 14.0. The van der Waals surface area contributed by atoms with Crippen molar-refractivity contribution in [2.24, 2.45) is 11.3 Å². The van der Waals surface area contributed by atoms with Gasteiger partial charge in [-0.25, -0.2) is 4.39 Å². The Bertz CT molecular complexity index is 921. The third-order valence-electron chi connectivity index (χ3n) is 7.23. The number of rotatable bonds is 3. The first-order chi connectivity index (χ1) is 14.6. The van der Waals surface area contributed by atoms with Gasteiger partial charge >= 0.3 is 0 Å². The molecule has 0 radical (unpaired) electrons. The van der Waals surface area contributed by atoms with Gasteiger partial charge in [0, 0.05) is 28.4 Å². The molecule has 3 heteroatoms. The number of nitrogens with zero attached hydrogens (tertiary/aromatic N) is 1. The van der Waals surface area contributed by atoms with Crippen molar-refractivity contribution in [2.45, 2.75) is 69.4 Å². The van der Waals surface area contributed by atoms with Crippen LogP contribution in [-0.4, -0.2) is 22.7 Å². The first kappa shape index (κ1) is 22.5. The fraction of sp³-hybridized carbons (Fsp3) is 0.500. The average molecular weight is 438 g/mol. The van der Waals surface area contributed by atoms with Crippen LogP contribution in [0.1, 0.15) is 65.4 Å². The Hall–Kier alpha value is -1.74. The fourth-order valence-electron chi connectivity index (χ4n) is 5.28. The maximum atomic E-state index is 14.0. The summed E-state index contributed by atoms with van der Waals surface area (Å²) >= 11 is 1.90. The van der Waals surface area contributed by atoms with Gasteiger partial charge in [-0.3, -0.25) is 0 Å². The van der Waals surface area contributed by atoms with Gasteiger partial charge in [0.25, 0.3) is 0 Å². The van der Waals surface area contributed by atoms with Gasteiger partial charge in [-0.1, -0.05) is 63.6 Å². The van der Waals surface area contributed by atoms with E-state index >= 15 is 0 Å². The number of likely N-dealkylation sites (tertiary alicyclic amines) is 1. The number of thioether (sulfide) groups is 1. The predicted octanol–water partition coefficient (Wildman–Crippen LogP) is 8.17. The average Bonchev–Trinajstić information content (AvgIpc) is 2.93. The number of allylic oxidation sites excluding steroid dienone is 6. The molecule has 4 rings (SSSR count). The largest absolute Gasteiger partial charge is 0.371 e. The van der Waals surface area contributed by atoms with E-state index in [-0.39, 0.29) is 10.6 Å². The van der Waals surface area contributed by atoms with E-state index < -0.39 is 0 Å². The molecule has 3 aliphatic rings. The van der Waals surface area contributed by atoms with Gasteiger partial charge in [0.2, 0.25) is 0 Å². The van der Waals surface area contributed by atoms with E-state index in [1.165, 1.54) is 40.9 Å². The summed E-state index contributed by atoms with van der Waals surface area (Å²) < 4.78 is 14.2. The summed E-state index contributed by atoms with van der Waals surface area (Å²) in [6.45, 7) is 15.5. The highest BCUT2D eigenvalue weighted by Gasteiger charge is 2.39. The molecule has 1 aromatic rings. The monoisotopic (exact) mass is 437 g/mol. The molecule has 31 heavy (non-hydrogen) atoms. The molecule has 2 bridgehead atoms. The maximum Gasteiger partial charge on any atom is 0.123 e. The highest BCUT2D eigenvalue weighted by atomic mass is 32.2. The lowest BCUT2D eigenvalue weighted by molar-refractivity contribution is 0.132. The Kier molecular flexibility index (Phi) is 6.27. The van der Waals surface area contributed by atoms with Crippen LogP contribution in [0.15, 0.2) is 70.9 Å². The topological polar surface area (TPSA) is 3.24 Å². The second-order valence-electron chi connectivity index (χ2n) is 10.6. The Morgan fingerprint density at radius 1 is 1.06 bits per heavy atom. The van der Waals surface area contributed by atoms with Gasteiger partial charge in [-0.15, -0.1) is 11.8 Å². The molecule has 2 aliphatic carbocycles. The molecule has 1 unspecified atom stereocenters. The number of benzene rings is 1. The summed E-state index contributed by atoms with van der Waals surface area (Å²) in [6.07, 6.45) is 11.2. The molecule has 166 valence electrons. The van der Waals surface area contributed by atoms with Crippen molar-refractivity contribution in [3.05, 3.63) is 71.6 Å². The smallest absolute Gasteiger partial charge is 0.123 e. The van der Waals surface area contributed by atoms with Gasteiger partial charge in [0.15, 0.2) is 0 Å². The summed E-state index contributed by atoms with van der Waals surface area (Å²) in [5.41, 5.74) is 5.41. The third kappa shape index (κ3) is 5.19. The lowest BCUT2D eigenvalue weighted by atomic mass is 9.71. The van der Waals surface area contributed by atoms with Crippen LogP contribution in [0.3, 0.4) is 0 Å². The van der Waals surface area contributed by atoms with Crippen LogP contribution in [0, 0.1) is 11.3 Å². The van der Waals surface area contributed by atoms with Crippen molar-refractivity contribution in [3.63, 3.8) is 0 Å². The van der Waals surface area contributed by atoms with Gasteiger partial charge in [0.05, 0.1) is 0 Å². The summed E-state index contributed by atoms with van der Waals surface area (Å²) in [5, 5.41) is 0. The van der Waals surface area contributed by atoms with Crippen LogP contribution < -0.4 is 0 Å². The van der Waals surface area contributed by atoms with E-state index in [4.69, 9.17) is 0 Å². The Morgan fingerprint density at radius 2 is 1.74 bits per heavy atom. The molecule has 0 amide bonds. The molecule has 1 saturated carbocycles. The standard InChI is InChI=1S/C28H36FNS/c1-20-23-12-13-28(19-24(20)6-9-25(29)18-23)14-16-30(17-15-28)21(2)22-7-10-26(11-8-22)31-27(3,4)5/h6-11,18,20H,2,12-17,19H2,1,3-5H3. The molecule has 1 atom stereocenters. The second-order valence-corrected chi connectivity index (χ2v) is 12.5.